The first-order chi connectivity index (χ1) is 14.9. The second kappa shape index (κ2) is 10.2. The summed E-state index contributed by atoms with van der Waals surface area (Å²) in [5.41, 5.74) is 6.97. The van der Waals surface area contributed by atoms with Crippen LogP contribution < -0.4 is 15.6 Å². The van der Waals surface area contributed by atoms with Crippen LogP contribution in [-0.4, -0.2) is 17.8 Å². The van der Waals surface area contributed by atoms with Gasteiger partial charge in [0.15, 0.2) is 0 Å². The van der Waals surface area contributed by atoms with E-state index in [0.29, 0.717) is 21.7 Å². The molecule has 3 rings (SSSR count). The number of rotatable bonds is 5. The molecule has 0 unspecified atom stereocenters. The normalized spacial score (nSPS) is 10.5. The monoisotopic (exact) mass is 434 g/mol. The number of nitrogens with one attached hydrogen (secondary N) is 2. The fourth-order valence-electron chi connectivity index (χ4n) is 2.56. The summed E-state index contributed by atoms with van der Waals surface area (Å²) in [5.74, 6) is -1.24. The van der Waals surface area contributed by atoms with E-state index in [1.165, 1.54) is 12.2 Å². The SMILES string of the molecule is Cc1ccc(C(=O)NNC(=O)/C=C/c2ccccc2OC(=O)c2ccc(Cl)cc2)cc1. The smallest absolute Gasteiger partial charge is 0.343 e. The summed E-state index contributed by atoms with van der Waals surface area (Å²) in [6.07, 6.45) is 2.71. The molecule has 0 aromatic heterocycles. The number of para-hydroxylation sites is 1. The summed E-state index contributed by atoms with van der Waals surface area (Å²) in [5, 5.41) is 0.514. The van der Waals surface area contributed by atoms with Crippen molar-refractivity contribution in [3.05, 3.63) is 106 Å². The third-order valence-corrected chi connectivity index (χ3v) is 4.48. The lowest BCUT2D eigenvalue weighted by atomic mass is 10.1. The highest BCUT2D eigenvalue weighted by molar-refractivity contribution is 6.30. The van der Waals surface area contributed by atoms with Crippen LogP contribution >= 0.6 is 11.6 Å². The van der Waals surface area contributed by atoms with Gasteiger partial charge in [0.05, 0.1) is 5.56 Å². The Hall–Kier alpha value is -3.90. The van der Waals surface area contributed by atoms with Crippen molar-refractivity contribution in [1.29, 1.82) is 0 Å². The minimum atomic E-state index is -0.549. The molecule has 0 bridgehead atoms. The number of hydrogen-bond acceptors (Lipinski definition) is 4. The van der Waals surface area contributed by atoms with E-state index < -0.39 is 17.8 Å². The Balaban J connectivity index is 1.60. The minimum Gasteiger partial charge on any atom is -0.422 e. The molecule has 0 radical (unpaired) electrons. The molecule has 6 nitrogen and oxygen atoms in total. The number of esters is 1. The Kier molecular flexibility index (Phi) is 7.19. The van der Waals surface area contributed by atoms with Gasteiger partial charge >= 0.3 is 5.97 Å². The molecule has 3 aromatic carbocycles. The largest absolute Gasteiger partial charge is 0.422 e. The van der Waals surface area contributed by atoms with Crippen LogP contribution in [0.4, 0.5) is 0 Å². The molecule has 7 heteroatoms. The Labute approximate surface area is 184 Å². The summed E-state index contributed by atoms with van der Waals surface area (Å²) in [7, 11) is 0. The molecule has 156 valence electrons. The van der Waals surface area contributed by atoms with Gasteiger partial charge in [-0.05, 0) is 55.5 Å². The average molecular weight is 435 g/mol. The van der Waals surface area contributed by atoms with E-state index in [4.69, 9.17) is 16.3 Å². The van der Waals surface area contributed by atoms with Crippen LogP contribution in [0.25, 0.3) is 6.08 Å². The molecule has 3 aromatic rings. The molecule has 0 saturated heterocycles. The Morgan fingerprint density at radius 3 is 2.19 bits per heavy atom. The van der Waals surface area contributed by atoms with Gasteiger partial charge in [-0.1, -0.05) is 47.5 Å². The predicted octanol–water partition coefficient (Wildman–Crippen LogP) is 4.34. The van der Waals surface area contributed by atoms with E-state index in [2.05, 4.69) is 10.9 Å². The lowest BCUT2D eigenvalue weighted by Gasteiger charge is -2.08. The van der Waals surface area contributed by atoms with Crippen LogP contribution in [0.15, 0.2) is 78.9 Å². The third-order valence-electron chi connectivity index (χ3n) is 4.23. The van der Waals surface area contributed by atoms with Gasteiger partial charge < -0.3 is 4.74 Å². The van der Waals surface area contributed by atoms with E-state index >= 15 is 0 Å². The fraction of sp³-hybridized carbons (Fsp3) is 0.0417. The zero-order chi connectivity index (χ0) is 22.2. The quantitative estimate of drug-likeness (QED) is 0.271. The molecule has 2 N–H and O–H groups in total. The van der Waals surface area contributed by atoms with Crippen molar-refractivity contribution in [2.24, 2.45) is 0 Å². The molecule has 0 fully saturated rings. The lowest BCUT2D eigenvalue weighted by molar-refractivity contribution is -0.117. The van der Waals surface area contributed by atoms with Gasteiger partial charge in [0.25, 0.3) is 11.8 Å². The fourth-order valence-corrected chi connectivity index (χ4v) is 2.68. The van der Waals surface area contributed by atoms with Crippen molar-refractivity contribution in [3.8, 4) is 5.75 Å². The van der Waals surface area contributed by atoms with Crippen molar-refractivity contribution < 1.29 is 19.1 Å². The molecule has 0 aliphatic rings. The van der Waals surface area contributed by atoms with Gasteiger partial charge in [-0.15, -0.1) is 0 Å². The molecule has 0 aliphatic heterocycles. The van der Waals surface area contributed by atoms with Crippen LogP contribution in [0.2, 0.25) is 5.02 Å². The van der Waals surface area contributed by atoms with Gasteiger partial charge in [-0.3, -0.25) is 20.4 Å². The predicted molar refractivity (Wildman–Crippen MR) is 119 cm³/mol. The zero-order valence-corrected chi connectivity index (χ0v) is 17.3. The standard InChI is InChI=1S/C24H19ClN2O4/c1-16-6-8-18(9-7-16)23(29)27-26-22(28)15-12-17-4-2-3-5-21(17)31-24(30)19-10-13-20(25)14-11-19/h2-15H,1H3,(H,26,28)(H,27,29)/b15-12+. The van der Waals surface area contributed by atoms with Crippen LogP contribution in [0, 0.1) is 6.92 Å². The molecule has 0 spiro atoms. The van der Waals surface area contributed by atoms with Gasteiger partial charge in [-0.25, -0.2) is 4.79 Å². The van der Waals surface area contributed by atoms with Gasteiger partial charge in [-0.2, -0.15) is 0 Å². The van der Waals surface area contributed by atoms with Gasteiger partial charge in [0, 0.05) is 22.2 Å². The van der Waals surface area contributed by atoms with E-state index in [-0.39, 0.29) is 5.75 Å². The number of hydrogen-bond donors (Lipinski definition) is 2. The molecule has 2 amide bonds. The molecule has 0 aliphatic carbocycles. The number of hydrazine groups is 1. The number of amides is 2. The molecule has 0 atom stereocenters. The maximum Gasteiger partial charge on any atom is 0.343 e. The molecular formula is C24H19ClN2O4. The summed E-state index contributed by atoms with van der Waals surface area (Å²) >= 11 is 5.83. The lowest BCUT2D eigenvalue weighted by Crippen LogP contribution is -2.40. The van der Waals surface area contributed by atoms with Gasteiger partial charge in [0.1, 0.15) is 5.75 Å². The number of halogens is 1. The van der Waals surface area contributed by atoms with Crippen molar-refractivity contribution >= 4 is 35.5 Å². The average Bonchev–Trinajstić information content (AvgIpc) is 2.77. The number of ether oxygens (including phenoxy) is 1. The van der Waals surface area contributed by atoms with Crippen molar-refractivity contribution in [2.45, 2.75) is 6.92 Å². The van der Waals surface area contributed by atoms with Crippen LogP contribution in [0.1, 0.15) is 31.8 Å². The number of aryl methyl sites for hydroxylation is 1. The van der Waals surface area contributed by atoms with Crippen LogP contribution in [0.3, 0.4) is 0 Å². The molecular weight excluding hydrogens is 416 g/mol. The minimum absolute atomic E-state index is 0.287. The number of benzene rings is 3. The Morgan fingerprint density at radius 2 is 1.48 bits per heavy atom. The molecule has 0 saturated carbocycles. The molecule has 0 heterocycles. The highest BCUT2D eigenvalue weighted by atomic mass is 35.5. The Morgan fingerprint density at radius 1 is 0.839 bits per heavy atom. The second-order valence-corrected chi connectivity index (χ2v) is 7.01. The third kappa shape index (κ3) is 6.29. The maximum atomic E-state index is 12.3. The highest BCUT2D eigenvalue weighted by Gasteiger charge is 2.11. The maximum absolute atomic E-state index is 12.3. The Bertz CT molecular complexity index is 1120. The first-order valence-corrected chi connectivity index (χ1v) is 9.72. The van der Waals surface area contributed by atoms with E-state index in [0.717, 1.165) is 5.56 Å². The number of carbonyl (C=O) groups is 3. The van der Waals surface area contributed by atoms with Crippen molar-refractivity contribution in [3.63, 3.8) is 0 Å². The summed E-state index contributed by atoms with van der Waals surface area (Å²) < 4.78 is 5.43. The molecule has 31 heavy (non-hydrogen) atoms. The van der Waals surface area contributed by atoms with Crippen molar-refractivity contribution in [2.75, 3.05) is 0 Å². The first-order valence-electron chi connectivity index (χ1n) is 9.34. The van der Waals surface area contributed by atoms with Crippen molar-refractivity contribution in [1.82, 2.24) is 10.9 Å². The van der Waals surface area contributed by atoms with Crippen LogP contribution in [0.5, 0.6) is 5.75 Å². The van der Waals surface area contributed by atoms with E-state index in [9.17, 15) is 14.4 Å². The summed E-state index contributed by atoms with van der Waals surface area (Å²) in [4.78, 5) is 36.4. The summed E-state index contributed by atoms with van der Waals surface area (Å²) in [6, 6.07) is 20.0. The first kappa shape index (κ1) is 21.8. The zero-order valence-electron chi connectivity index (χ0n) is 16.6. The van der Waals surface area contributed by atoms with Gasteiger partial charge in [0.2, 0.25) is 0 Å². The van der Waals surface area contributed by atoms with E-state index in [1.807, 2.05) is 6.92 Å². The van der Waals surface area contributed by atoms with E-state index in [1.54, 1.807) is 72.8 Å². The second-order valence-electron chi connectivity index (χ2n) is 6.58. The number of carbonyl (C=O) groups excluding carboxylic acids is 3. The topological polar surface area (TPSA) is 84.5 Å². The van der Waals surface area contributed by atoms with Crippen LogP contribution in [-0.2, 0) is 4.79 Å². The summed E-state index contributed by atoms with van der Waals surface area (Å²) in [6.45, 7) is 1.92. The highest BCUT2D eigenvalue weighted by Crippen LogP contribution is 2.21.